The van der Waals surface area contributed by atoms with Gasteiger partial charge in [0, 0.05) is 37.8 Å². The number of likely N-dealkylation sites (tertiary alicyclic amines) is 1. The van der Waals surface area contributed by atoms with Crippen LogP contribution in [0.25, 0.3) is 11.5 Å². The van der Waals surface area contributed by atoms with Crippen molar-refractivity contribution in [2.24, 2.45) is 0 Å². The number of β-amino-alcohol motifs (C(OH)–C–C–N with tert-alkyl or cyclic N) is 1. The molecule has 2 fully saturated rings. The zero-order valence-corrected chi connectivity index (χ0v) is 12.4. The topological polar surface area (TPSA) is 65.6 Å². The Morgan fingerprint density at radius 2 is 1.82 bits per heavy atom. The standard InChI is InChI=1S/C16H20N4O2/c21-14-10-20(11-14)13-6-8-19(9-7-13)16-17-15(22-18-16)12-4-2-1-3-5-12/h1-5,13-14,21H,6-11H2. The molecule has 0 atom stereocenters. The number of hydrogen-bond donors (Lipinski definition) is 1. The van der Waals surface area contributed by atoms with Crippen molar-refractivity contribution in [2.45, 2.75) is 25.0 Å². The molecule has 6 nitrogen and oxygen atoms in total. The maximum absolute atomic E-state index is 9.41. The number of piperidine rings is 1. The summed E-state index contributed by atoms with van der Waals surface area (Å²) in [7, 11) is 0. The van der Waals surface area contributed by atoms with Gasteiger partial charge in [0.1, 0.15) is 0 Å². The van der Waals surface area contributed by atoms with Gasteiger partial charge in [0.25, 0.3) is 11.8 Å². The lowest BCUT2D eigenvalue weighted by molar-refractivity contribution is -0.0301. The second-order valence-corrected chi connectivity index (χ2v) is 6.09. The molecule has 0 saturated carbocycles. The number of aliphatic hydroxyl groups is 1. The Bertz CT molecular complexity index is 616. The first kappa shape index (κ1) is 13.7. The van der Waals surface area contributed by atoms with Crippen LogP contribution >= 0.6 is 0 Å². The zero-order valence-electron chi connectivity index (χ0n) is 12.4. The Morgan fingerprint density at radius 1 is 1.09 bits per heavy atom. The highest BCUT2D eigenvalue weighted by atomic mass is 16.5. The van der Waals surface area contributed by atoms with Crippen molar-refractivity contribution in [3.63, 3.8) is 0 Å². The van der Waals surface area contributed by atoms with Gasteiger partial charge in [0.15, 0.2) is 0 Å². The lowest BCUT2D eigenvalue weighted by Gasteiger charge is -2.45. The third kappa shape index (κ3) is 2.60. The van der Waals surface area contributed by atoms with Crippen LogP contribution in [0.4, 0.5) is 5.95 Å². The normalized spacial score (nSPS) is 21.0. The van der Waals surface area contributed by atoms with Crippen LogP contribution in [-0.4, -0.2) is 58.5 Å². The highest BCUT2D eigenvalue weighted by Crippen LogP contribution is 2.25. The van der Waals surface area contributed by atoms with E-state index >= 15 is 0 Å². The third-order valence-corrected chi connectivity index (χ3v) is 4.59. The van der Waals surface area contributed by atoms with E-state index in [9.17, 15) is 5.11 Å². The quantitative estimate of drug-likeness (QED) is 0.924. The number of aliphatic hydroxyl groups excluding tert-OH is 1. The molecule has 2 aliphatic rings. The van der Waals surface area contributed by atoms with E-state index in [1.54, 1.807) is 0 Å². The smallest absolute Gasteiger partial charge is 0.266 e. The monoisotopic (exact) mass is 300 g/mol. The number of nitrogens with zero attached hydrogens (tertiary/aromatic N) is 4. The first-order chi connectivity index (χ1) is 10.8. The fraction of sp³-hybridized carbons (Fsp3) is 0.500. The van der Waals surface area contributed by atoms with Crippen LogP contribution in [0.1, 0.15) is 12.8 Å². The molecule has 3 heterocycles. The summed E-state index contributed by atoms with van der Waals surface area (Å²) in [6.45, 7) is 3.52. The van der Waals surface area contributed by atoms with Crippen LogP contribution in [0.5, 0.6) is 0 Å². The van der Waals surface area contributed by atoms with Gasteiger partial charge in [0.2, 0.25) is 0 Å². The molecule has 1 aromatic carbocycles. The minimum Gasteiger partial charge on any atom is -0.390 e. The predicted octanol–water partition coefficient (Wildman–Crippen LogP) is 1.38. The summed E-state index contributed by atoms with van der Waals surface area (Å²) in [5.41, 5.74) is 0.950. The molecule has 0 spiro atoms. The van der Waals surface area contributed by atoms with Gasteiger partial charge in [-0.15, -0.1) is 0 Å². The number of rotatable bonds is 3. The van der Waals surface area contributed by atoms with E-state index in [4.69, 9.17) is 4.52 Å². The molecule has 2 aliphatic heterocycles. The summed E-state index contributed by atoms with van der Waals surface area (Å²) in [6.07, 6.45) is 2.05. The van der Waals surface area contributed by atoms with Gasteiger partial charge in [-0.25, -0.2) is 0 Å². The molecule has 1 aromatic heterocycles. The predicted molar refractivity (Wildman–Crippen MR) is 82.5 cm³/mol. The van der Waals surface area contributed by atoms with E-state index in [-0.39, 0.29) is 6.10 Å². The van der Waals surface area contributed by atoms with Gasteiger partial charge in [-0.1, -0.05) is 18.2 Å². The third-order valence-electron chi connectivity index (χ3n) is 4.59. The summed E-state index contributed by atoms with van der Waals surface area (Å²) in [5.74, 6) is 1.25. The van der Waals surface area contributed by atoms with Crippen molar-refractivity contribution in [3.8, 4) is 11.5 Å². The Kier molecular flexibility index (Phi) is 3.56. The molecule has 0 unspecified atom stereocenters. The SMILES string of the molecule is OC1CN(C2CCN(c3noc(-c4ccccc4)n3)CC2)C1. The Morgan fingerprint density at radius 3 is 2.50 bits per heavy atom. The van der Waals surface area contributed by atoms with E-state index in [0.717, 1.165) is 44.6 Å². The van der Waals surface area contributed by atoms with Gasteiger partial charge in [-0.3, -0.25) is 4.90 Å². The lowest BCUT2D eigenvalue weighted by Crippen LogP contribution is -2.57. The van der Waals surface area contributed by atoms with E-state index in [1.807, 2.05) is 30.3 Å². The molecule has 1 N–H and O–H groups in total. The summed E-state index contributed by atoms with van der Waals surface area (Å²) < 4.78 is 5.38. The Balaban J connectivity index is 1.39. The maximum Gasteiger partial charge on any atom is 0.266 e. The van der Waals surface area contributed by atoms with Crippen LogP contribution in [-0.2, 0) is 0 Å². The summed E-state index contributed by atoms with van der Waals surface area (Å²) in [5, 5.41) is 13.5. The first-order valence-electron chi connectivity index (χ1n) is 7.86. The molecule has 116 valence electrons. The molecule has 0 aliphatic carbocycles. The number of anilines is 1. The van der Waals surface area contributed by atoms with Gasteiger partial charge in [-0.2, -0.15) is 4.98 Å². The Hall–Kier alpha value is -1.92. The van der Waals surface area contributed by atoms with Gasteiger partial charge in [0.05, 0.1) is 6.10 Å². The maximum atomic E-state index is 9.41. The molecule has 2 saturated heterocycles. The Labute approximate surface area is 129 Å². The van der Waals surface area contributed by atoms with Crippen molar-refractivity contribution < 1.29 is 9.63 Å². The first-order valence-corrected chi connectivity index (χ1v) is 7.86. The number of aromatic nitrogens is 2. The molecular weight excluding hydrogens is 280 g/mol. The van der Waals surface area contributed by atoms with Crippen LogP contribution < -0.4 is 4.90 Å². The zero-order chi connectivity index (χ0) is 14.9. The van der Waals surface area contributed by atoms with Crippen LogP contribution in [0.2, 0.25) is 0 Å². The molecular formula is C16H20N4O2. The number of hydrogen-bond acceptors (Lipinski definition) is 6. The molecule has 2 aromatic rings. The lowest BCUT2D eigenvalue weighted by atomic mass is 9.99. The van der Waals surface area contributed by atoms with E-state index in [2.05, 4.69) is 19.9 Å². The number of benzene rings is 1. The van der Waals surface area contributed by atoms with E-state index in [1.165, 1.54) is 0 Å². The van der Waals surface area contributed by atoms with Crippen molar-refractivity contribution in [3.05, 3.63) is 30.3 Å². The summed E-state index contributed by atoms with van der Waals surface area (Å²) in [4.78, 5) is 9.07. The van der Waals surface area contributed by atoms with Crippen LogP contribution in [0.3, 0.4) is 0 Å². The average Bonchev–Trinajstić information content (AvgIpc) is 3.03. The molecule has 0 amide bonds. The van der Waals surface area contributed by atoms with E-state index < -0.39 is 0 Å². The van der Waals surface area contributed by atoms with Gasteiger partial charge >= 0.3 is 0 Å². The molecule has 6 heteroatoms. The van der Waals surface area contributed by atoms with Crippen molar-refractivity contribution in [2.75, 3.05) is 31.1 Å². The van der Waals surface area contributed by atoms with E-state index in [0.29, 0.717) is 17.9 Å². The summed E-state index contributed by atoms with van der Waals surface area (Å²) >= 11 is 0. The molecule has 0 bridgehead atoms. The minimum absolute atomic E-state index is 0.122. The van der Waals surface area contributed by atoms with Crippen LogP contribution in [0.15, 0.2) is 34.9 Å². The van der Waals surface area contributed by atoms with Crippen molar-refractivity contribution in [1.29, 1.82) is 0 Å². The van der Waals surface area contributed by atoms with Crippen LogP contribution in [0, 0.1) is 0 Å². The largest absolute Gasteiger partial charge is 0.390 e. The fourth-order valence-corrected chi connectivity index (χ4v) is 3.26. The highest BCUT2D eigenvalue weighted by Gasteiger charge is 2.33. The molecule has 4 rings (SSSR count). The summed E-state index contributed by atoms with van der Waals surface area (Å²) in [6, 6.07) is 10.4. The second kappa shape index (κ2) is 5.70. The molecule has 22 heavy (non-hydrogen) atoms. The second-order valence-electron chi connectivity index (χ2n) is 6.09. The van der Waals surface area contributed by atoms with Crippen molar-refractivity contribution in [1.82, 2.24) is 15.0 Å². The van der Waals surface area contributed by atoms with Crippen molar-refractivity contribution >= 4 is 5.95 Å². The minimum atomic E-state index is -0.122. The van der Waals surface area contributed by atoms with Gasteiger partial charge in [-0.05, 0) is 30.1 Å². The fourth-order valence-electron chi connectivity index (χ4n) is 3.26. The van der Waals surface area contributed by atoms with Gasteiger partial charge < -0.3 is 14.5 Å². The average molecular weight is 300 g/mol. The molecule has 0 radical (unpaired) electrons. The highest BCUT2D eigenvalue weighted by molar-refractivity contribution is 5.54.